The van der Waals surface area contributed by atoms with E-state index in [9.17, 15) is 9.59 Å². The van der Waals surface area contributed by atoms with E-state index in [-0.39, 0.29) is 6.42 Å². The molecule has 8 heteroatoms. The number of halogens is 2. The van der Waals surface area contributed by atoms with Gasteiger partial charge in [-0.1, -0.05) is 6.07 Å². The van der Waals surface area contributed by atoms with E-state index >= 15 is 0 Å². The minimum atomic E-state index is -0.626. The zero-order valence-corrected chi connectivity index (χ0v) is 19.4. The first kappa shape index (κ1) is 25.4. The second kappa shape index (κ2) is 12.1. The molecule has 0 heterocycles. The lowest BCUT2D eigenvalue weighted by atomic mass is 9.98. The molecule has 1 aromatic rings. The Kier molecular flexibility index (Phi) is 10.6. The summed E-state index contributed by atoms with van der Waals surface area (Å²) in [6.45, 7) is 8.72. The maximum absolute atomic E-state index is 12.2. The first-order valence-corrected chi connectivity index (χ1v) is 10.7. The summed E-state index contributed by atoms with van der Waals surface area (Å²) in [6.07, 6.45) is -0.0538. The fourth-order valence-electron chi connectivity index (χ4n) is 2.85. The normalized spacial score (nSPS) is 12.2. The van der Waals surface area contributed by atoms with E-state index in [0.29, 0.717) is 31.3 Å². The van der Waals surface area contributed by atoms with Gasteiger partial charge in [-0.15, -0.1) is 23.2 Å². The molecule has 1 N–H and O–H groups in total. The molecule has 0 spiro atoms. The Balaban J connectivity index is 3.05. The van der Waals surface area contributed by atoms with Crippen molar-refractivity contribution in [1.82, 2.24) is 5.32 Å². The Morgan fingerprint density at radius 2 is 1.79 bits per heavy atom. The van der Waals surface area contributed by atoms with Gasteiger partial charge < -0.3 is 19.7 Å². The summed E-state index contributed by atoms with van der Waals surface area (Å²) in [5.74, 6) is 0.585. The topological polar surface area (TPSA) is 67.9 Å². The van der Waals surface area contributed by atoms with Crippen molar-refractivity contribution in [2.75, 3.05) is 36.9 Å². The van der Waals surface area contributed by atoms with Gasteiger partial charge in [0.1, 0.15) is 5.60 Å². The number of hydrogen-bond donors (Lipinski definition) is 1. The van der Waals surface area contributed by atoms with Crippen LogP contribution in [0, 0.1) is 6.92 Å². The highest BCUT2D eigenvalue weighted by molar-refractivity contribution is 6.18. The molecule has 29 heavy (non-hydrogen) atoms. The highest BCUT2D eigenvalue weighted by Gasteiger charge is 2.23. The number of alkyl halides is 2. The van der Waals surface area contributed by atoms with Crippen LogP contribution in [0.15, 0.2) is 18.2 Å². The van der Waals surface area contributed by atoms with E-state index in [4.69, 9.17) is 32.7 Å². The van der Waals surface area contributed by atoms with Crippen molar-refractivity contribution in [3.05, 3.63) is 29.3 Å². The van der Waals surface area contributed by atoms with Gasteiger partial charge in [-0.2, -0.15) is 0 Å². The van der Waals surface area contributed by atoms with Crippen molar-refractivity contribution in [3.63, 3.8) is 0 Å². The number of rotatable bonds is 10. The minimum Gasteiger partial charge on any atom is -0.469 e. The number of carbonyl (C=O) groups is 2. The first-order chi connectivity index (χ1) is 13.6. The molecule has 0 fully saturated rings. The van der Waals surface area contributed by atoms with Crippen molar-refractivity contribution in [2.24, 2.45) is 0 Å². The predicted octanol–water partition coefficient (Wildman–Crippen LogP) is 4.28. The van der Waals surface area contributed by atoms with Crippen molar-refractivity contribution < 1.29 is 19.1 Å². The van der Waals surface area contributed by atoms with Crippen LogP contribution in [0.2, 0.25) is 0 Å². The van der Waals surface area contributed by atoms with Gasteiger partial charge in [-0.3, -0.25) is 4.79 Å². The van der Waals surface area contributed by atoms with Crippen molar-refractivity contribution in [2.45, 2.75) is 52.2 Å². The summed E-state index contributed by atoms with van der Waals surface area (Å²) < 4.78 is 10.1. The highest BCUT2D eigenvalue weighted by atomic mass is 35.5. The minimum absolute atomic E-state index is 0.0481. The molecule has 1 aromatic carbocycles. The fourth-order valence-corrected chi connectivity index (χ4v) is 3.26. The molecule has 1 amide bonds. The summed E-state index contributed by atoms with van der Waals surface area (Å²) in [5.41, 5.74) is 2.45. The highest BCUT2D eigenvalue weighted by Crippen LogP contribution is 2.22. The van der Waals surface area contributed by atoms with Crippen LogP contribution in [-0.4, -0.2) is 55.7 Å². The van der Waals surface area contributed by atoms with Gasteiger partial charge in [0.25, 0.3) is 0 Å². The van der Waals surface area contributed by atoms with Crippen LogP contribution in [-0.2, 0) is 20.7 Å². The maximum atomic E-state index is 12.2. The Morgan fingerprint density at radius 1 is 1.17 bits per heavy atom. The summed E-state index contributed by atoms with van der Waals surface area (Å²) in [5, 5.41) is 2.80. The first-order valence-electron chi connectivity index (χ1n) is 9.62. The molecular weight excluding hydrogens is 415 g/mol. The molecule has 0 saturated heterocycles. The number of hydrogen-bond acceptors (Lipinski definition) is 5. The molecule has 0 unspecified atom stereocenters. The molecule has 1 rings (SSSR count). The van der Waals surface area contributed by atoms with Crippen molar-refractivity contribution >= 4 is 41.0 Å². The molecule has 0 bridgehead atoms. The summed E-state index contributed by atoms with van der Waals surface area (Å²) >= 11 is 11.8. The van der Waals surface area contributed by atoms with E-state index in [0.717, 1.165) is 16.8 Å². The van der Waals surface area contributed by atoms with E-state index < -0.39 is 23.7 Å². The quantitative estimate of drug-likeness (QED) is 0.429. The zero-order valence-electron chi connectivity index (χ0n) is 17.9. The molecule has 6 nitrogen and oxygen atoms in total. The van der Waals surface area contributed by atoms with Crippen LogP contribution in [0.1, 0.15) is 38.3 Å². The van der Waals surface area contributed by atoms with Crippen LogP contribution in [0.3, 0.4) is 0 Å². The smallest absolute Gasteiger partial charge is 0.407 e. The number of alkyl carbamates (subject to hydrolysis) is 1. The SMILES string of the molecule is COC(=O)C[C@H](Cc1cc(N(CCCl)CCCl)ccc1C)NC(=O)OC(C)(C)C. The van der Waals surface area contributed by atoms with Gasteiger partial charge in [0.05, 0.1) is 13.5 Å². The third-order valence-electron chi connectivity index (χ3n) is 4.23. The number of carbonyl (C=O) groups excluding carboxylic acids is 2. The molecule has 0 aliphatic rings. The standard InChI is InChI=1S/C21H32Cl2N2O4/c1-15-6-7-18(25(10-8-22)11-9-23)13-16(15)12-17(14-19(26)28-5)24-20(27)29-21(2,3)4/h6-7,13,17H,8-12,14H2,1-5H3,(H,24,27)/t17-/m0/s1. The number of amides is 1. The average Bonchev–Trinajstić information content (AvgIpc) is 2.61. The molecule has 0 aromatic heterocycles. The van der Waals surface area contributed by atoms with Gasteiger partial charge >= 0.3 is 12.1 Å². The number of nitrogens with one attached hydrogen (secondary N) is 1. The molecule has 0 aliphatic carbocycles. The fraction of sp³-hybridized carbons (Fsp3) is 0.619. The predicted molar refractivity (Wildman–Crippen MR) is 118 cm³/mol. The van der Waals surface area contributed by atoms with Crippen LogP contribution < -0.4 is 10.2 Å². The van der Waals surface area contributed by atoms with Gasteiger partial charge in [0.15, 0.2) is 0 Å². The molecule has 0 saturated carbocycles. The number of benzene rings is 1. The van der Waals surface area contributed by atoms with Crippen molar-refractivity contribution in [3.8, 4) is 0 Å². The Labute approximate surface area is 183 Å². The Morgan fingerprint density at radius 3 is 2.31 bits per heavy atom. The van der Waals surface area contributed by atoms with E-state index in [1.54, 1.807) is 20.8 Å². The van der Waals surface area contributed by atoms with E-state index in [1.165, 1.54) is 7.11 Å². The number of nitrogens with zero attached hydrogens (tertiary/aromatic N) is 1. The molecule has 1 atom stereocenters. The van der Waals surface area contributed by atoms with Gasteiger partial charge in [0, 0.05) is 36.6 Å². The monoisotopic (exact) mass is 446 g/mol. The van der Waals surface area contributed by atoms with Gasteiger partial charge in [0.2, 0.25) is 0 Å². The number of methoxy groups -OCH3 is 1. The number of esters is 1. The molecule has 0 aliphatic heterocycles. The van der Waals surface area contributed by atoms with Crippen LogP contribution in [0.25, 0.3) is 0 Å². The largest absolute Gasteiger partial charge is 0.469 e. The summed E-state index contributed by atoms with van der Waals surface area (Å²) in [7, 11) is 1.33. The second-order valence-corrected chi connectivity index (χ2v) is 8.56. The summed E-state index contributed by atoms with van der Waals surface area (Å²) in [4.78, 5) is 26.2. The third kappa shape index (κ3) is 9.59. The lowest BCUT2D eigenvalue weighted by molar-refractivity contribution is -0.141. The lowest BCUT2D eigenvalue weighted by Crippen LogP contribution is -2.41. The third-order valence-corrected chi connectivity index (χ3v) is 4.57. The maximum Gasteiger partial charge on any atom is 0.407 e. The lowest BCUT2D eigenvalue weighted by Gasteiger charge is -2.26. The Hall–Kier alpha value is -1.66. The van der Waals surface area contributed by atoms with Gasteiger partial charge in [-0.25, -0.2) is 4.79 Å². The van der Waals surface area contributed by atoms with Crippen LogP contribution in [0.4, 0.5) is 10.5 Å². The average molecular weight is 447 g/mol. The van der Waals surface area contributed by atoms with E-state index in [1.807, 2.05) is 19.1 Å². The van der Waals surface area contributed by atoms with Crippen LogP contribution in [0.5, 0.6) is 0 Å². The van der Waals surface area contributed by atoms with E-state index in [2.05, 4.69) is 16.3 Å². The zero-order chi connectivity index (χ0) is 22.0. The molecular formula is C21H32Cl2N2O4. The van der Waals surface area contributed by atoms with Crippen molar-refractivity contribution in [1.29, 1.82) is 0 Å². The molecule has 0 radical (unpaired) electrons. The second-order valence-electron chi connectivity index (χ2n) is 7.80. The summed E-state index contributed by atoms with van der Waals surface area (Å²) in [6, 6.07) is 5.63. The van der Waals surface area contributed by atoms with Gasteiger partial charge in [-0.05, 0) is 57.4 Å². The molecule has 164 valence electrons. The number of aryl methyl sites for hydroxylation is 1. The van der Waals surface area contributed by atoms with Crippen LogP contribution >= 0.6 is 23.2 Å². The number of ether oxygens (including phenoxy) is 2. The number of anilines is 1. The Bertz CT molecular complexity index is 671.